The summed E-state index contributed by atoms with van der Waals surface area (Å²) in [5.74, 6) is 0.187. The van der Waals surface area contributed by atoms with E-state index in [1.807, 2.05) is 34.0 Å². The first-order valence-corrected chi connectivity index (χ1v) is 8.44. The maximum Gasteiger partial charge on any atom is 0.227 e. The second-order valence-electron chi connectivity index (χ2n) is 5.59. The molecule has 0 saturated carbocycles. The van der Waals surface area contributed by atoms with Crippen molar-refractivity contribution in [2.75, 3.05) is 13.7 Å². The molecule has 116 valence electrons. The number of nitrogens with zero attached hydrogens (tertiary/aromatic N) is 2. The van der Waals surface area contributed by atoms with Gasteiger partial charge in [-0.1, -0.05) is 6.07 Å². The van der Waals surface area contributed by atoms with Gasteiger partial charge in [-0.2, -0.15) is 11.3 Å². The molecule has 0 N–H and O–H groups in total. The lowest BCUT2D eigenvalue weighted by molar-refractivity contribution is -0.132. The maximum absolute atomic E-state index is 12.6. The van der Waals surface area contributed by atoms with Gasteiger partial charge in [-0.05, 0) is 46.9 Å². The number of hydrogen-bond acceptors (Lipinski definition) is 4. The first-order chi connectivity index (χ1) is 10.8. The van der Waals surface area contributed by atoms with E-state index in [4.69, 9.17) is 4.74 Å². The van der Waals surface area contributed by atoms with E-state index >= 15 is 0 Å². The summed E-state index contributed by atoms with van der Waals surface area (Å²) >= 11 is 1.63. The zero-order chi connectivity index (χ0) is 15.4. The summed E-state index contributed by atoms with van der Waals surface area (Å²) in [6.07, 6.45) is 5.91. The van der Waals surface area contributed by atoms with Gasteiger partial charge in [-0.25, -0.2) is 0 Å². The zero-order valence-corrected chi connectivity index (χ0v) is 13.5. The fourth-order valence-electron chi connectivity index (χ4n) is 3.08. The van der Waals surface area contributed by atoms with Crippen molar-refractivity contribution in [3.05, 3.63) is 52.5 Å². The van der Waals surface area contributed by atoms with Crippen molar-refractivity contribution in [3.8, 4) is 0 Å². The van der Waals surface area contributed by atoms with Crippen LogP contribution in [0.1, 0.15) is 17.5 Å². The van der Waals surface area contributed by atoms with Crippen LogP contribution in [0.25, 0.3) is 0 Å². The lowest BCUT2D eigenvalue weighted by Gasteiger charge is -2.27. The van der Waals surface area contributed by atoms with Gasteiger partial charge in [0.15, 0.2) is 0 Å². The SMILES string of the molecule is CO[C@@H]1CCN(C(=O)Cc2ccsc2)[C@@H]1Cc1cccnc1. The average Bonchev–Trinajstić information content (AvgIpc) is 3.18. The van der Waals surface area contributed by atoms with Crippen LogP contribution in [0.15, 0.2) is 41.4 Å². The highest BCUT2D eigenvalue weighted by Gasteiger charge is 2.36. The van der Waals surface area contributed by atoms with Gasteiger partial charge in [0.25, 0.3) is 0 Å². The normalized spacial score (nSPS) is 21.2. The molecule has 5 heteroatoms. The van der Waals surface area contributed by atoms with Gasteiger partial charge >= 0.3 is 0 Å². The molecule has 22 heavy (non-hydrogen) atoms. The lowest BCUT2D eigenvalue weighted by atomic mass is 10.0. The third kappa shape index (κ3) is 3.36. The molecular weight excluding hydrogens is 296 g/mol. The Hall–Kier alpha value is -1.72. The van der Waals surface area contributed by atoms with Gasteiger partial charge in [0.1, 0.15) is 0 Å². The summed E-state index contributed by atoms with van der Waals surface area (Å²) in [4.78, 5) is 18.8. The minimum Gasteiger partial charge on any atom is -0.379 e. The summed E-state index contributed by atoms with van der Waals surface area (Å²) in [5.41, 5.74) is 2.24. The van der Waals surface area contributed by atoms with Crippen molar-refractivity contribution in [2.45, 2.75) is 31.4 Å². The largest absolute Gasteiger partial charge is 0.379 e. The third-order valence-corrected chi connectivity index (χ3v) is 4.94. The molecule has 1 aliphatic rings. The molecule has 0 spiro atoms. The number of hydrogen-bond donors (Lipinski definition) is 0. The molecule has 0 unspecified atom stereocenters. The van der Waals surface area contributed by atoms with Crippen LogP contribution < -0.4 is 0 Å². The van der Waals surface area contributed by atoms with Crippen LogP contribution in [-0.4, -0.2) is 41.6 Å². The minimum atomic E-state index is 0.0975. The Balaban J connectivity index is 1.72. The first-order valence-electron chi connectivity index (χ1n) is 7.50. The second-order valence-corrected chi connectivity index (χ2v) is 6.37. The van der Waals surface area contributed by atoms with Crippen molar-refractivity contribution < 1.29 is 9.53 Å². The average molecular weight is 316 g/mol. The predicted octanol–water partition coefficient (Wildman–Crippen LogP) is 2.54. The molecule has 3 heterocycles. The molecule has 1 fully saturated rings. The van der Waals surface area contributed by atoms with E-state index in [1.54, 1.807) is 24.6 Å². The van der Waals surface area contributed by atoms with Crippen molar-refractivity contribution >= 4 is 17.2 Å². The Kier molecular flexibility index (Phi) is 4.85. The summed E-state index contributed by atoms with van der Waals surface area (Å²) in [5, 5.41) is 4.05. The van der Waals surface area contributed by atoms with Gasteiger partial charge in [0, 0.05) is 26.0 Å². The van der Waals surface area contributed by atoms with Crippen molar-refractivity contribution in [1.29, 1.82) is 0 Å². The van der Waals surface area contributed by atoms with Crippen molar-refractivity contribution in [1.82, 2.24) is 9.88 Å². The number of ether oxygens (including phenoxy) is 1. The van der Waals surface area contributed by atoms with Crippen LogP contribution in [0.3, 0.4) is 0 Å². The topological polar surface area (TPSA) is 42.4 Å². The summed E-state index contributed by atoms with van der Waals surface area (Å²) in [7, 11) is 1.73. The Morgan fingerprint density at radius 3 is 3.05 bits per heavy atom. The van der Waals surface area contributed by atoms with Crippen LogP contribution in [0.2, 0.25) is 0 Å². The molecule has 0 aromatic carbocycles. The number of rotatable bonds is 5. The maximum atomic E-state index is 12.6. The van der Waals surface area contributed by atoms with E-state index in [0.717, 1.165) is 30.5 Å². The number of amides is 1. The smallest absolute Gasteiger partial charge is 0.227 e. The quantitative estimate of drug-likeness (QED) is 0.851. The second kappa shape index (κ2) is 7.03. The number of likely N-dealkylation sites (tertiary alicyclic amines) is 1. The highest BCUT2D eigenvalue weighted by Crippen LogP contribution is 2.25. The van der Waals surface area contributed by atoms with Crippen molar-refractivity contribution in [3.63, 3.8) is 0 Å². The summed E-state index contributed by atoms with van der Waals surface area (Å²) in [6.45, 7) is 0.770. The van der Waals surface area contributed by atoms with Gasteiger partial charge < -0.3 is 9.64 Å². The molecule has 1 amide bonds. The molecule has 1 aliphatic heterocycles. The van der Waals surface area contributed by atoms with E-state index in [9.17, 15) is 4.79 Å². The first kappa shape index (κ1) is 15.2. The van der Waals surface area contributed by atoms with Crippen LogP contribution in [0.5, 0.6) is 0 Å². The molecule has 2 aromatic rings. The van der Waals surface area contributed by atoms with E-state index in [2.05, 4.69) is 11.1 Å². The lowest BCUT2D eigenvalue weighted by Crippen LogP contribution is -2.42. The van der Waals surface area contributed by atoms with Crippen LogP contribution in [-0.2, 0) is 22.4 Å². The number of methoxy groups -OCH3 is 1. The summed E-state index contributed by atoms with van der Waals surface area (Å²) < 4.78 is 5.60. The minimum absolute atomic E-state index is 0.0975. The number of thiophene rings is 1. The Bertz CT molecular complexity index is 600. The van der Waals surface area contributed by atoms with Gasteiger partial charge in [-0.15, -0.1) is 0 Å². The zero-order valence-electron chi connectivity index (χ0n) is 12.6. The number of carbonyl (C=O) groups is 1. The van der Waals surface area contributed by atoms with E-state index in [-0.39, 0.29) is 18.1 Å². The van der Waals surface area contributed by atoms with Crippen molar-refractivity contribution in [2.24, 2.45) is 0 Å². The molecule has 0 aliphatic carbocycles. The number of carbonyl (C=O) groups excluding carboxylic acids is 1. The monoisotopic (exact) mass is 316 g/mol. The molecule has 2 aromatic heterocycles. The summed E-state index contributed by atoms with van der Waals surface area (Å²) in [6, 6.07) is 6.10. The Labute approximate surface area is 134 Å². The third-order valence-electron chi connectivity index (χ3n) is 4.21. The standard InChI is InChI=1S/C17H20N2O2S/c1-21-16-4-7-19(17(20)10-14-5-8-22-12-14)15(16)9-13-3-2-6-18-11-13/h2-3,5-6,8,11-12,15-16H,4,7,9-10H2,1H3/t15-,16-/m1/s1. The molecule has 3 rings (SSSR count). The molecule has 2 atom stereocenters. The molecule has 1 saturated heterocycles. The van der Waals surface area contributed by atoms with Gasteiger partial charge in [-0.3, -0.25) is 9.78 Å². The predicted molar refractivity (Wildman–Crippen MR) is 86.9 cm³/mol. The van der Waals surface area contributed by atoms with Crippen LogP contribution >= 0.6 is 11.3 Å². The van der Waals surface area contributed by atoms with Gasteiger partial charge in [0.2, 0.25) is 5.91 Å². The molecule has 0 radical (unpaired) electrons. The molecule has 4 nitrogen and oxygen atoms in total. The van der Waals surface area contributed by atoms with Gasteiger partial charge in [0.05, 0.1) is 18.6 Å². The van der Waals surface area contributed by atoms with E-state index in [0.29, 0.717) is 6.42 Å². The fourth-order valence-corrected chi connectivity index (χ4v) is 3.75. The Morgan fingerprint density at radius 1 is 1.45 bits per heavy atom. The number of pyridine rings is 1. The molecular formula is C17H20N2O2S. The number of aromatic nitrogens is 1. The Morgan fingerprint density at radius 2 is 2.36 bits per heavy atom. The molecule has 0 bridgehead atoms. The van der Waals surface area contributed by atoms with E-state index in [1.165, 1.54) is 0 Å². The highest BCUT2D eigenvalue weighted by molar-refractivity contribution is 7.07. The highest BCUT2D eigenvalue weighted by atomic mass is 32.1. The fraction of sp³-hybridized carbons (Fsp3) is 0.412. The van der Waals surface area contributed by atoms with E-state index < -0.39 is 0 Å². The van der Waals surface area contributed by atoms with Crippen LogP contribution in [0, 0.1) is 0 Å². The van der Waals surface area contributed by atoms with Crippen LogP contribution in [0.4, 0.5) is 0 Å².